The van der Waals surface area contributed by atoms with Crippen molar-refractivity contribution in [2.75, 3.05) is 31.5 Å². The van der Waals surface area contributed by atoms with Crippen LogP contribution >= 0.6 is 0 Å². The largest absolute Gasteiger partial charge is 0.496 e. The third-order valence-corrected chi connectivity index (χ3v) is 4.35. The van der Waals surface area contributed by atoms with Crippen LogP contribution in [-0.4, -0.2) is 32.2 Å². The Labute approximate surface area is 164 Å². The molecule has 0 bridgehead atoms. The number of pyridine rings is 1. The normalized spacial score (nSPS) is 10.2. The molecule has 144 valence electrons. The highest BCUT2D eigenvalue weighted by Crippen LogP contribution is 2.29. The van der Waals surface area contributed by atoms with E-state index in [1.165, 1.54) is 19.8 Å². The van der Waals surface area contributed by atoms with Gasteiger partial charge in [0.15, 0.2) is 0 Å². The Hall–Kier alpha value is -3.54. The van der Waals surface area contributed by atoms with E-state index in [-0.39, 0.29) is 5.91 Å². The van der Waals surface area contributed by atoms with E-state index >= 15 is 0 Å². The average Bonchev–Trinajstić information content (AvgIpc) is 2.74. The van der Waals surface area contributed by atoms with E-state index in [2.05, 4.69) is 27.3 Å². The molecule has 0 fully saturated rings. The van der Waals surface area contributed by atoms with Crippen LogP contribution in [0.3, 0.4) is 0 Å². The molecule has 0 saturated carbocycles. The molecule has 3 aromatic rings. The number of hydrogen-bond donors (Lipinski definition) is 1. The molecule has 2 aromatic carbocycles. The van der Waals surface area contributed by atoms with Crippen molar-refractivity contribution in [1.29, 1.82) is 0 Å². The van der Waals surface area contributed by atoms with Crippen molar-refractivity contribution in [3.8, 4) is 11.5 Å². The molecule has 1 N–H and O–H groups in total. The number of methoxy groups -OCH3 is 2. The molecule has 6 nitrogen and oxygen atoms in total. The van der Waals surface area contributed by atoms with Gasteiger partial charge in [0, 0.05) is 13.6 Å². The molecule has 28 heavy (non-hydrogen) atoms. The lowest BCUT2D eigenvalue weighted by molar-refractivity contribution is 0.102. The maximum absolute atomic E-state index is 12.7. The average molecular weight is 377 g/mol. The van der Waals surface area contributed by atoms with Crippen molar-refractivity contribution in [2.24, 2.45) is 0 Å². The summed E-state index contributed by atoms with van der Waals surface area (Å²) in [5, 5.41) is 2.79. The molecule has 0 aliphatic heterocycles. The smallest absolute Gasteiger partial charge is 0.264 e. The maximum atomic E-state index is 12.7. The molecule has 0 atom stereocenters. The number of hydrogen-bond acceptors (Lipinski definition) is 5. The zero-order chi connectivity index (χ0) is 19.9. The summed E-state index contributed by atoms with van der Waals surface area (Å²) >= 11 is 0. The highest BCUT2D eigenvalue weighted by Gasteiger charge is 2.18. The zero-order valence-electron chi connectivity index (χ0n) is 16.2. The lowest BCUT2D eigenvalue weighted by Gasteiger charge is -2.19. The molecule has 1 amide bonds. The number of rotatable bonds is 7. The van der Waals surface area contributed by atoms with Crippen molar-refractivity contribution < 1.29 is 14.3 Å². The molecule has 0 radical (unpaired) electrons. The molecule has 0 aliphatic carbocycles. The minimum atomic E-state index is -0.341. The van der Waals surface area contributed by atoms with Crippen LogP contribution in [0.15, 0.2) is 66.9 Å². The lowest BCUT2D eigenvalue weighted by atomic mass is 10.1. The van der Waals surface area contributed by atoms with Gasteiger partial charge >= 0.3 is 0 Å². The molecule has 1 aromatic heterocycles. The van der Waals surface area contributed by atoms with E-state index in [1.807, 2.05) is 31.3 Å². The number of nitrogens with zero attached hydrogens (tertiary/aromatic N) is 2. The number of anilines is 2. The molecule has 1 heterocycles. The number of aromatic nitrogens is 1. The molecule has 0 aliphatic rings. The quantitative estimate of drug-likeness (QED) is 0.675. The molecule has 3 rings (SSSR count). The fourth-order valence-corrected chi connectivity index (χ4v) is 2.89. The number of benzene rings is 2. The summed E-state index contributed by atoms with van der Waals surface area (Å²) in [7, 11) is 5.03. The second kappa shape index (κ2) is 8.90. The summed E-state index contributed by atoms with van der Waals surface area (Å²) in [4.78, 5) is 19.2. The Bertz CT molecular complexity index is 905. The number of ether oxygens (including phenoxy) is 2. The van der Waals surface area contributed by atoms with Gasteiger partial charge in [-0.15, -0.1) is 0 Å². The van der Waals surface area contributed by atoms with Crippen molar-refractivity contribution in [1.82, 2.24) is 4.98 Å². The first-order valence-electron chi connectivity index (χ1n) is 8.86. The Morgan fingerprint density at radius 1 is 0.964 bits per heavy atom. The second-order valence-corrected chi connectivity index (χ2v) is 6.23. The zero-order valence-corrected chi connectivity index (χ0v) is 16.2. The highest BCUT2D eigenvalue weighted by atomic mass is 16.5. The lowest BCUT2D eigenvalue weighted by Crippen LogP contribution is -2.18. The summed E-state index contributed by atoms with van der Waals surface area (Å²) in [6, 6.07) is 19.1. The van der Waals surface area contributed by atoms with E-state index in [4.69, 9.17) is 9.47 Å². The molecule has 0 spiro atoms. The minimum Gasteiger partial charge on any atom is -0.496 e. The van der Waals surface area contributed by atoms with Crippen molar-refractivity contribution in [2.45, 2.75) is 6.54 Å². The van der Waals surface area contributed by atoms with Gasteiger partial charge < -0.3 is 19.7 Å². The van der Waals surface area contributed by atoms with E-state index in [0.29, 0.717) is 22.9 Å². The Morgan fingerprint density at radius 3 is 2.21 bits per heavy atom. The van der Waals surface area contributed by atoms with Gasteiger partial charge in [0.2, 0.25) is 0 Å². The fourth-order valence-electron chi connectivity index (χ4n) is 2.89. The van der Waals surface area contributed by atoms with E-state index in [9.17, 15) is 4.79 Å². The topological polar surface area (TPSA) is 63.7 Å². The third-order valence-electron chi connectivity index (χ3n) is 4.35. The van der Waals surface area contributed by atoms with Crippen molar-refractivity contribution in [3.63, 3.8) is 0 Å². The predicted octanol–water partition coefficient (Wildman–Crippen LogP) is 3.99. The van der Waals surface area contributed by atoms with Gasteiger partial charge in [0.1, 0.15) is 22.9 Å². The van der Waals surface area contributed by atoms with E-state index < -0.39 is 0 Å². The summed E-state index contributed by atoms with van der Waals surface area (Å²) in [6.45, 7) is 0.770. The number of carbonyl (C=O) groups is 1. The van der Waals surface area contributed by atoms with Crippen LogP contribution in [0.4, 0.5) is 11.5 Å². The highest BCUT2D eigenvalue weighted by molar-refractivity contribution is 6.07. The van der Waals surface area contributed by atoms with Gasteiger partial charge in [0.25, 0.3) is 5.91 Å². The summed E-state index contributed by atoms with van der Waals surface area (Å²) in [6.07, 6.45) is 1.73. The first-order valence-corrected chi connectivity index (χ1v) is 8.86. The van der Waals surface area contributed by atoms with Crippen molar-refractivity contribution >= 4 is 17.4 Å². The summed E-state index contributed by atoms with van der Waals surface area (Å²) in [5.41, 5.74) is 2.50. The second-order valence-electron chi connectivity index (χ2n) is 6.23. The SMILES string of the molecule is COc1cccc(OC)c1C(=O)Nc1ccc(N(C)Cc2ccccc2)cn1. The van der Waals surface area contributed by atoms with Gasteiger partial charge in [-0.05, 0) is 29.8 Å². The van der Waals surface area contributed by atoms with Crippen LogP contribution in [0.25, 0.3) is 0 Å². The van der Waals surface area contributed by atoms with Gasteiger partial charge in [-0.1, -0.05) is 36.4 Å². The third kappa shape index (κ3) is 4.40. The Kier molecular flexibility index (Phi) is 6.11. The van der Waals surface area contributed by atoms with E-state index in [0.717, 1.165) is 12.2 Å². The van der Waals surface area contributed by atoms with Gasteiger partial charge in [-0.3, -0.25) is 4.79 Å². The Morgan fingerprint density at radius 2 is 1.64 bits per heavy atom. The summed E-state index contributed by atoms with van der Waals surface area (Å²) in [5.74, 6) is 0.995. The van der Waals surface area contributed by atoms with Crippen LogP contribution in [0.5, 0.6) is 11.5 Å². The minimum absolute atomic E-state index is 0.333. The number of carbonyl (C=O) groups excluding carboxylic acids is 1. The van der Waals surface area contributed by atoms with Crippen LogP contribution in [0.1, 0.15) is 15.9 Å². The number of amides is 1. The van der Waals surface area contributed by atoms with Gasteiger partial charge in [-0.2, -0.15) is 0 Å². The standard InChI is InChI=1S/C22H23N3O3/c1-25(15-16-8-5-4-6-9-16)17-12-13-20(23-14-17)24-22(26)21-18(27-2)10-7-11-19(21)28-3/h4-14H,15H2,1-3H3,(H,23,24,26). The maximum Gasteiger partial charge on any atom is 0.264 e. The van der Waals surface area contributed by atoms with Gasteiger partial charge in [0.05, 0.1) is 26.1 Å². The Balaban J connectivity index is 1.72. The molecular weight excluding hydrogens is 354 g/mol. The van der Waals surface area contributed by atoms with Crippen molar-refractivity contribution in [3.05, 3.63) is 78.0 Å². The monoisotopic (exact) mass is 377 g/mol. The molecule has 0 saturated heterocycles. The molecular formula is C22H23N3O3. The van der Waals surface area contributed by atoms with Gasteiger partial charge in [-0.25, -0.2) is 4.98 Å². The molecule has 0 unspecified atom stereocenters. The van der Waals surface area contributed by atoms with Crippen LogP contribution in [0.2, 0.25) is 0 Å². The predicted molar refractivity (Wildman–Crippen MR) is 110 cm³/mol. The first kappa shape index (κ1) is 19.2. The van der Waals surface area contributed by atoms with Crippen LogP contribution < -0.4 is 19.7 Å². The van der Waals surface area contributed by atoms with Crippen LogP contribution in [-0.2, 0) is 6.54 Å². The first-order chi connectivity index (χ1) is 13.6. The van der Waals surface area contributed by atoms with E-state index in [1.54, 1.807) is 30.5 Å². The fraction of sp³-hybridized carbons (Fsp3) is 0.182. The number of nitrogens with one attached hydrogen (secondary N) is 1. The summed E-state index contributed by atoms with van der Waals surface area (Å²) < 4.78 is 10.6. The molecule has 6 heteroatoms. The van der Waals surface area contributed by atoms with Crippen LogP contribution in [0, 0.1) is 0 Å².